The second kappa shape index (κ2) is 12.3. The highest BCUT2D eigenvalue weighted by Gasteiger charge is 2.27. The van der Waals surface area contributed by atoms with Gasteiger partial charge in [-0.1, -0.05) is 54.1 Å². The Morgan fingerprint density at radius 2 is 1.67 bits per heavy atom. The molecule has 3 aromatic rings. The van der Waals surface area contributed by atoms with Crippen molar-refractivity contribution in [2.75, 3.05) is 6.61 Å². The lowest BCUT2D eigenvalue weighted by molar-refractivity contribution is 0.0118. The number of halogens is 3. The first-order valence-corrected chi connectivity index (χ1v) is 12.6. The molecule has 0 heterocycles. The zero-order chi connectivity index (χ0) is 25.5. The molecule has 3 aromatic carbocycles. The molecule has 0 amide bonds. The van der Waals surface area contributed by atoms with Crippen molar-refractivity contribution in [2.45, 2.75) is 64.1 Å². The van der Waals surface area contributed by atoms with Crippen LogP contribution in [0.3, 0.4) is 0 Å². The molecule has 0 N–H and O–H groups in total. The Hall–Kier alpha value is -3.05. The van der Waals surface area contributed by atoms with Gasteiger partial charge < -0.3 is 9.47 Å². The minimum atomic E-state index is -0.793. The Morgan fingerprint density at radius 3 is 2.36 bits per heavy atom. The molecule has 0 aliphatic heterocycles. The van der Waals surface area contributed by atoms with Gasteiger partial charge in [-0.25, -0.2) is 13.2 Å². The molecule has 0 bridgehead atoms. The van der Waals surface area contributed by atoms with Crippen molar-refractivity contribution in [3.63, 3.8) is 0 Å². The fourth-order valence-corrected chi connectivity index (χ4v) is 4.74. The zero-order valence-electron chi connectivity index (χ0n) is 20.7. The molecule has 190 valence electrons. The molecule has 1 fully saturated rings. The summed E-state index contributed by atoms with van der Waals surface area (Å²) in [4.78, 5) is 0. The van der Waals surface area contributed by atoms with Gasteiger partial charge in [0.15, 0.2) is 11.6 Å². The number of rotatable bonds is 10. The van der Waals surface area contributed by atoms with E-state index >= 15 is 4.39 Å². The Labute approximate surface area is 211 Å². The predicted octanol–water partition coefficient (Wildman–Crippen LogP) is 8.67. The van der Waals surface area contributed by atoms with Crippen LogP contribution in [-0.4, -0.2) is 12.7 Å². The van der Waals surface area contributed by atoms with Crippen molar-refractivity contribution >= 4 is 0 Å². The molecule has 4 rings (SSSR count). The minimum Gasteiger partial charge on any atom is -0.493 e. The average molecular weight is 495 g/mol. The maximum absolute atomic E-state index is 15.0. The summed E-state index contributed by atoms with van der Waals surface area (Å²) >= 11 is 0. The Kier molecular flexibility index (Phi) is 8.87. The summed E-state index contributed by atoms with van der Waals surface area (Å²) in [7, 11) is 0. The highest BCUT2D eigenvalue weighted by Crippen LogP contribution is 2.38. The molecule has 0 atom stereocenters. The van der Waals surface area contributed by atoms with E-state index in [9.17, 15) is 8.78 Å². The molecule has 0 aromatic heterocycles. The number of ether oxygens (including phenoxy) is 2. The first-order chi connectivity index (χ1) is 17.5. The third-order valence-electron chi connectivity index (χ3n) is 6.91. The summed E-state index contributed by atoms with van der Waals surface area (Å²) in [5, 5.41) is 0. The molecular weight excluding hydrogens is 461 g/mol. The minimum absolute atomic E-state index is 0.0322. The standard InChI is InChI=1S/C31H33F3O2/c1-3-4-5-18-35-26-15-12-24(29(32)19-26)20-36-25-13-10-23(11-14-25)28-17-16-27(30(33)31(28)34)22-8-6-21(2)7-9-22/h3,6-9,12,15-17,19,23,25H,1,4-5,10-11,13-14,18,20H2,2H3. The van der Waals surface area contributed by atoms with Crippen LogP contribution >= 0.6 is 0 Å². The van der Waals surface area contributed by atoms with Gasteiger partial charge in [0.05, 0.1) is 19.3 Å². The van der Waals surface area contributed by atoms with Crippen molar-refractivity contribution in [3.8, 4) is 16.9 Å². The van der Waals surface area contributed by atoms with Gasteiger partial charge in [-0.15, -0.1) is 6.58 Å². The highest BCUT2D eigenvalue weighted by atomic mass is 19.2. The van der Waals surface area contributed by atoms with Gasteiger partial charge in [-0.2, -0.15) is 0 Å². The van der Waals surface area contributed by atoms with Crippen LogP contribution in [0.4, 0.5) is 13.2 Å². The summed E-state index contributed by atoms with van der Waals surface area (Å²) in [5.74, 6) is -1.45. The number of benzene rings is 3. The van der Waals surface area contributed by atoms with E-state index in [0.717, 1.165) is 31.2 Å². The van der Waals surface area contributed by atoms with Crippen LogP contribution < -0.4 is 4.74 Å². The molecule has 0 unspecified atom stereocenters. The molecule has 0 radical (unpaired) electrons. The number of hydrogen-bond donors (Lipinski definition) is 0. The molecule has 1 aliphatic rings. The molecule has 0 saturated heterocycles. The lowest BCUT2D eigenvalue weighted by atomic mass is 9.82. The third kappa shape index (κ3) is 6.38. The number of unbranched alkanes of at least 4 members (excludes halogenated alkanes) is 1. The average Bonchev–Trinajstić information content (AvgIpc) is 2.89. The van der Waals surface area contributed by atoms with Crippen molar-refractivity contribution in [1.29, 1.82) is 0 Å². The third-order valence-corrected chi connectivity index (χ3v) is 6.91. The van der Waals surface area contributed by atoms with E-state index in [1.54, 1.807) is 24.3 Å². The summed E-state index contributed by atoms with van der Waals surface area (Å²) in [6.07, 6.45) is 6.33. The van der Waals surface area contributed by atoms with E-state index in [0.29, 0.717) is 41.9 Å². The Morgan fingerprint density at radius 1 is 0.917 bits per heavy atom. The van der Waals surface area contributed by atoms with Gasteiger partial charge in [0, 0.05) is 17.2 Å². The smallest absolute Gasteiger partial charge is 0.166 e. The van der Waals surface area contributed by atoms with E-state index in [-0.39, 0.29) is 30.0 Å². The highest BCUT2D eigenvalue weighted by molar-refractivity contribution is 5.65. The Balaban J connectivity index is 1.30. The van der Waals surface area contributed by atoms with Crippen molar-refractivity contribution in [2.24, 2.45) is 0 Å². The molecule has 0 spiro atoms. The first-order valence-electron chi connectivity index (χ1n) is 12.6. The quantitative estimate of drug-likeness (QED) is 0.207. The Bertz CT molecular complexity index is 1170. The fourth-order valence-electron chi connectivity index (χ4n) is 4.74. The van der Waals surface area contributed by atoms with Crippen molar-refractivity contribution in [1.82, 2.24) is 0 Å². The van der Waals surface area contributed by atoms with Gasteiger partial charge in [-0.3, -0.25) is 0 Å². The SMILES string of the molecule is C=CCCCOc1ccc(COC2CCC(c3ccc(-c4ccc(C)cc4)c(F)c3F)CC2)c(F)c1. The number of hydrogen-bond acceptors (Lipinski definition) is 2. The lowest BCUT2D eigenvalue weighted by Crippen LogP contribution is -2.21. The molecule has 1 aliphatic carbocycles. The predicted molar refractivity (Wildman–Crippen MR) is 138 cm³/mol. The largest absolute Gasteiger partial charge is 0.493 e. The van der Waals surface area contributed by atoms with Crippen LogP contribution in [0.25, 0.3) is 11.1 Å². The summed E-state index contributed by atoms with van der Waals surface area (Å²) in [5.41, 5.74) is 2.93. The molecular formula is C31H33F3O2. The molecule has 36 heavy (non-hydrogen) atoms. The second-order valence-corrected chi connectivity index (χ2v) is 9.51. The second-order valence-electron chi connectivity index (χ2n) is 9.51. The topological polar surface area (TPSA) is 18.5 Å². The van der Waals surface area contributed by atoms with Gasteiger partial charge in [0.1, 0.15) is 11.6 Å². The number of allylic oxidation sites excluding steroid dienone is 1. The zero-order valence-corrected chi connectivity index (χ0v) is 20.7. The van der Waals surface area contributed by atoms with E-state index in [1.165, 1.54) is 6.07 Å². The van der Waals surface area contributed by atoms with Crippen LogP contribution in [0.15, 0.2) is 67.3 Å². The van der Waals surface area contributed by atoms with Crippen LogP contribution in [0.2, 0.25) is 0 Å². The van der Waals surface area contributed by atoms with E-state index in [1.807, 2.05) is 37.3 Å². The monoisotopic (exact) mass is 494 g/mol. The molecule has 5 heteroatoms. The van der Waals surface area contributed by atoms with Crippen LogP contribution in [0.1, 0.15) is 61.1 Å². The maximum atomic E-state index is 15.0. The van der Waals surface area contributed by atoms with Gasteiger partial charge in [0.2, 0.25) is 0 Å². The van der Waals surface area contributed by atoms with Crippen LogP contribution in [0.5, 0.6) is 5.75 Å². The van der Waals surface area contributed by atoms with E-state index in [4.69, 9.17) is 9.47 Å². The van der Waals surface area contributed by atoms with Crippen molar-refractivity contribution in [3.05, 3.63) is 101 Å². The fraction of sp³-hybridized carbons (Fsp3) is 0.355. The molecule has 2 nitrogen and oxygen atoms in total. The summed E-state index contributed by atoms with van der Waals surface area (Å²) < 4.78 is 55.9. The van der Waals surface area contributed by atoms with E-state index < -0.39 is 11.6 Å². The van der Waals surface area contributed by atoms with Crippen LogP contribution in [0, 0.1) is 24.4 Å². The first kappa shape index (κ1) is 26.0. The molecule has 1 saturated carbocycles. The van der Waals surface area contributed by atoms with Gasteiger partial charge >= 0.3 is 0 Å². The van der Waals surface area contributed by atoms with E-state index in [2.05, 4.69) is 6.58 Å². The maximum Gasteiger partial charge on any atom is 0.166 e. The van der Waals surface area contributed by atoms with Gasteiger partial charge in [0.25, 0.3) is 0 Å². The summed E-state index contributed by atoms with van der Waals surface area (Å²) in [6, 6.07) is 15.6. The van der Waals surface area contributed by atoms with Crippen LogP contribution in [-0.2, 0) is 11.3 Å². The number of aryl methyl sites for hydroxylation is 1. The normalized spacial score (nSPS) is 17.7. The van der Waals surface area contributed by atoms with Crippen molar-refractivity contribution < 1.29 is 22.6 Å². The van der Waals surface area contributed by atoms with Gasteiger partial charge in [-0.05, 0) is 68.6 Å². The lowest BCUT2D eigenvalue weighted by Gasteiger charge is -2.29. The summed E-state index contributed by atoms with van der Waals surface area (Å²) in [6.45, 7) is 6.32.